The van der Waals surface area contributed by atoms with Crippen LogP contribution in [0, 0.1) is 0 Å². The number of hydrogen-bond acceptors (Lipinski definition) is 4. The minimum absolute atomic E-state index is 0.0936. The van der Waals surface area contributed by atoms with E-state index in [9.17, 15) is 0 Å². The van der Waals surface area contributed by atoms with Gasteiger partial charge in [-0.3, -0.25) is 0 Å². The summed E-state index contributed by atoms with van der Waals surface area (Å²) in [5.74, 6) is 0. The van der Waals surface area contributed by atoms with Gasteiger partial charge in [0.2, 0.25) is 0 Å². The molecule has 5 rings (SSSR count). The van der Waals surface area contributed by atoms with E-state index in [1.54, 1.807) is 0 Å². The van der Waals surface area contributed by atoms with Gasteiger partial charge in [-0.2, -0.15) is 0 Å². The molecule has 4 nitrogen and oxygen atoms in total. The predicted molar refractivity (Wildman–Crippen MR) is 145 cm³/mol. The normalized spacial score (nSPS) is 21.5. The van der Waals surface area contributed by atoms with Crippen LogP contribution in [0.4, 0.5) is 0 Å². The van der Waals surface area contributed by atoms with Crippen molar-refractivity contribution in [1.82, 2.24) is 0 Å². The summed E-state index contributed by atoms with van der Waals surface area (Å²) in [6, 6.07) is 41.1. The molecule has 0 radical (unpaired) electrons. The van der Waals surface area contributed by atoms with Crippen LogP contribution in [0.3, 0.4) is 0 Å². The maximum Gasteiger partial charge on any atom is 0.113 e. The average Bonchev–Trinajstić information content (AvgIpc) is 2.97. The Hall–Kier alpha value is -3.28. The summed E-state index contributed by atoms with van der Waals surface area (Å²) in [5.41, 5.74) is 4.55. The molecule has 4 heteroatoms. The number of rotatable bonds is 11. The lowest BCUT2D eigenvalue weighted by Gasteiger charge is -2.41. The van der Waals surface area contributed by atoms with Crippen molar-refractivity contribution >= 4 is 0 Å². The maximum absolute atomic E-state index is 6.66. The highest BCUT2D eigenvalue weighted by Gasteiger charge is 2.41. The largest absolute Gasteiger partial charge is 0.374 e. The van der Waals surface area contributed by atoms with Crippen LogP contribution in [0.25, 0.3) is 0 Å². The van der Waals surface area contributed by atoms with Crippen LogP contribution >= 0.6 is 0 Å². The Morgan fingerprint density at radius 2 is 1.05 bits per heavy atom. The van der Waals surface area contributed by atoms with Gasteiger partial charge in [-0.1, -0.05) is 121 Å². The van der Waals surface area contributed by atoms with Crippen LogP contribution in [-0.4, -0.2) is 24.9 Å². The lowest BCUT2D eigenvalue weighted by molar-refractivity contribution is -0.222. The van der Waals surface area contributed by atoms with E-state index in [2.05, 4.69) is 60.7 Å². The molecule has 4 atom stereocenters. The van der Waals surface area contributed by atoms with Gasteiger partial charge in [0.05, 0.1) is 38.6 Å². The molecule has 1 saturated heterocycles. The molecule has 0 spiro atoms. The van der Waals surface area contributed by atoms with Crippen LogP contribution in [-0.2, 0) is 38.8 Å². The molecule has 0 aliphatic carbocycles. The summed E-state index contributed by atoms with van der Waals surface area (Å²) in [5, 5.41) is 0. The van der Waals surface area contributed by atoms with E-state index in [-0.39, 0.29) is 24.4 Å². The van der Waals surface area contributed by atoms with Crippen molar-refractivity contribution in [1.29, 1.82) is 0 Å². The Balaban J connectivity index is 1.35. The van der Waals surface area contributed by atoms with E-state index in [0.717, 1.165) is 22.3 Å². The molecule has 0 N–H and O–H groups in total. The van der Waals surface area contributed by atoms with Crippen molar-refractivity contribution in [2.75, 3.05) is 6.61 Å². The average molecular weight is 495 g/mol. The van der Waals surface area contributed by atoms with Crippen molar-refractivity contribution in [3.05, 3.63) is 144 Å². The maximum atomic E-state index is 6.66. The zero-order valence-corrected chi connectivity index (χ0v) is 21.0. The number of benzene rings is 4. The highest BCUT2D eigenvalue weighted by molar-refractivity contribution is 5.20. The molecular formula is C33H34O4. The second-order valence-corrected chi connectivity index (χ2v) is 9.41. The van der Waals surface area contributed by atoms with E-state index in [1.165, 1.54) is 0 Å². The van der Waals surface area contributed by atoms with Crippen molar-refractivity contribution in [3.63, 3.8) is 0 Å². The van der Waals surface area contributed by atoms with Gasteiger partial charge in [0.25, 0.3) is 0 Å². The van der Waals surface area contributed by atoms with Crippen LogP contribution in [0.2, 0.25) is 0 Å². The molecule has 37 heavy (non-hydrogen) atoms. The summed E-state index contributed by atoms with van der Waals surface area (Å²) in [7, 11) is 0. The summed E-state index contributed by atoms with van der Waals surface area (Å²) in [4.78, 5) is 0. The van der Waals surface area contributed by atoms with Crippen LogP contribution in [0.5, 0.6) is 0 Å². The fourth-order valence-corrected chi connectivity index (χ4v) is 4.73. The molecule has 1 fully saturated rings. The van der Waals surface area contributed by atoms with Crippen LogP contribution in [0.1, 0.15) is 34.8 Å². The number of hydrogen-bond donors (Lipinski definition) is 0. The minimum atomic E-state index is -0.271. The minimum Gasteiger partial charge on any atom is -0.374 e. The first-order chi connectivity index (χ1) is 18.3. The van der Waals surface area contributed by atoms with E-state index in [4.69, 9.17) is 18.9 Å². The molecule has 1 unspecified atom stereocenters. The SMILES string of the molecule is c1ccc(COCC2O[C@@H](c3ccccc3)C[C@@H](OCc3ccccc3)[C@@H]2OCc2ccccc2)cc1. The fourth-order valence-electron chi connectivity index (χ4n) is 4.73. The second kappa shape index (κ2) is 13.3. The van der Waals surface area contributed by atoms with Gasteiger partial charge < -0.3 is 18.9 Å². The molecule has 1 aliphatic heterocycles. The molecule has 4 aromatic rings. The lowest BCUT2D eigenvalue weighted by atomic mass is 9.93. The van der Waals surface area contributed by atoms with Crippen molar-refractivity contribution in [2.45, 2.75) is 50.7 Å². The van der Waals surface area contributed by atoms with Gasteiger partial charge in [0.15, 0.2) is 0 Å². The van der Waals surface area contributed by atoms with Crippen molar-refractivity contribution in [2.24, 2.45) is 0 Å². The van der Waals surface area contributed by atoms with E-state index in [0.29, 0.717) is 32.8 Å². The van der Waals surface area contributed by atoms with Gasteiger partial charge in [0.1, 0.15) is 12.2 Å². The quantitative estimate of drug-likeness (QED) is 0.227. The molecule has 190 valence electrons. The lowest BCUT2D eigenvalue weighted by Crippen LogP contribution is -2.50. The van der Waals surface area contributed by atoms with E-state index < -0.39 is 0 Å². The van der Waals surface area contributed by atoms with Crippen LogP contribution in [0.15, 0.2) is 121 Å². The van der Waals surface area contributed by atoms with Crippen LogP contribution < -0.4 is 0 Å². The third-order valence-corrected chi connectivity index (χ3v) is 6.68. The Morgan fingerprint density at radius 3 is 1.62 bits per heavy atom. The second-order valence-electron chi connectivity index (χ2n) is 9.41. The first-order valence-corrected chi connectivity index (χ1v) is 13.0. The third-order valence-electron chi connectivity index (χ3n) is 6.68. The summed E-state index contributed by atoms with van der Waals surface area (Å²) in [6.07, 6.45) is -0.0604. The first-order valence-electron chi connectivity index (χ1n) is 13.0. The predicted octanol–water partition coefficient (Wildman–Crippen LogP) is 6.90. The molecule has 1 aliphatic rings. The summed E-state index contributed by atoms with van der Waals surface area (Å²) < 4.78 is 25.9. The molecule has 0 saturated carbocycles. The van der Waals surface area contributed by atoms with Gasteiger partial charge in [-0.05, 0) is 22.3 Å². The Bertz CT molecular complexity index is 1170. The van der Waals surface area contributed by atoms with E-state index in [1.807, 2.05) is 60.7 Å². The fraction of sp³-hybridized carbons (Fsp3) is 0.273. The topological polar surface area (TPSA) is 36.9 Å². The van der Waals surface area contributed by atoms with Gasteiger partial charge >= 0.3 is 0 Å². The van der Waals surface area contributed by atoms with Gasteiger partial charge in [-0.15, -0.1) is 0 Å². The highest BCUT2D eigenvalue weighted by Crippen LogP contribution is 2.35. The van der Waals surface area contributed by atoms with Crippen molar-refractivity contribution < 1.29 is 18.9 Å². The zero-order valence-electron chi connectivity index (χ0n) is 21.0. The Labute approximate surface area is 219 Å². The number of ether oxygens (including phenoxy) is 4. The molecule has 1 heterocycles. The van der Waals surface area contributed by atoms with Gasteiger partial charge in [0, 0.05) is 6.42 Å². The molecule has 0 amide bonds. The Morgan fingerprint density at radius 1 is 0.568 bits per heavy atom. The Kier molecular flexibility index (Phi) is 9.13. The van der Waals surface area contributed by atoms with E-state index >= 15 is 0 Å². The first kappa shape index (κ1) is 25.4. The standard InChI is InChI=1S/C33H34O4/c1-5-13-26(14-6-1)22-34-25-32-33(36-24-28-17-9-3-10-18-28)31(35-23-27-15-7-2-8-16-27)21-30(37-32)29-19-11-4-12-20-29/h1-20,30-33H,21-25H2/t30-,31-,32?,33+/m1/s1. The monoisotopic (exact) mass is 494 g/mol. The highest BCUT2D eigenvalue weighted by atomic mass is 16.6. The summed E-state index contributed by atoms with van der Waals surface area (Å²) in [6.45, 7) is 1.96. The molecular weight excluding hydrogens is 460 g/mol. The molecule has 0 aromatic heterocycles. The summed E-state index contributed by atoms with van der Waals surface area (Å²) >= 11 is 0. The zero-order chi connectivity index (χ0) is 25.1. The molecule has 0 bridgehead atoms. The van der Waals surface area contributed by atoms with Crippen molar-refractivity contribution in [3.8, 4) is 0 Å². The third kappa shape index (κ3) is 7.37. The van der Waals surface area contributed by atoms with Gasteiger partial charge in [-0.25, -0.2) is 0 Å². The molecule has 4 aromatic carbocycles. The smallest absolute Gasteiger partial charge is 0.113 e.